The van der Waals surface area contributed by atoms with Crippen LogP contribution in [0.4, 0.5) is 0 Å². The minimum atomic E-state index is -3.57. The number of hydrogen-bond acceptors (Lipinski definition) is 4. The number of benzene rings is 2. The highest BCUT2D eigenvalue weighted by molar-refractivity contribution is 7.89. The van der Waals surface area contributed by atoms with Crippen molar-refractivity contribution in [1.82, 2.24) is 4.31 Å². The van der Waals surface area contributed by atoms with Gasteiger partial charge in [-0.3, -0.25) is 0 Å². The molecule has 2 aromatic rings. The number of aldehydes is 1. The van der Waals surface area contributed by atoms with Crippen LogP contribution in [0.3, 0.4) is 0 Å². The third kappa shape index (κ3) is 4.93. The Morgan fingerprint density at radius 3 is 2.50 bits per heavy atom. The molecule has 0 spiro atoms. The van der Waals surface area contributed by atoms with Crippen molar-refractivity contribution in [1.29, 1.82) is 0 Å². The van der Waals surface area contributed by atoms with Gasteiger partial charge in [-0.05, 0) is 54.3 Å². The molecule has 1 aliphatic rings. The lowest BCUT2D eigenvalue weighted by Crippen LogP contribution is -2.35. The Kier molecular flexibility index (Phi) is 7.12. The fourth-order valence-electron chi connectivity index (χ4n) is 3.15. The summed E-state index contributed by atoms with van der Waals surface area (Å²) in [6.07, 6.45) is 2.63. The van der Waals surface area contributed by atoms with E-state index >= 15 is 0 Å². The second-order valence-corrected chi connectivity index (χ2v) is 9.42. The van der Waals surface area contributed by atoms with Crippen LogP contribution in [0.5, 0.6) is 0 Å². The van der Waals surface area contributed by atoms with Crippen LogP contribution >= 0.6 is 23.2 Å². The molecule has 0 aliphatic carbocycles. The van der Waals surface area contributed by atoms with E-state index in [0.29, 0.717) is 40.5 Å². The number of carbonyl (C=O) groups is 1. The predicted octanol–water partition coefficient (Wildman–Crippen LogP) is 4.62. The van der Waals surface area contributed by atoms with Crippen molar-refractivity contribution in [2.45, 2.75) is 36.9 Å². The summed E-state index contributed by atoms with van der Waals surface area (Å²) in [7, 11) is -3.57. The Bertz CT molecular complexity index is 943. The van der Waals surface area contributed by atoms with Gasteiger partial charge < -0.3 is 9.53 Å². The van der Waals surface area contributed by atoms with Crippen molar-refractivity contribution >= 4 is 39.5 Å². The molecule has 1 unspecified atom stereocenters. The van der Waals surface area contributed by atoms with Crippen molar-refractivity contribution in [3.63, 3.8) is 0 Å². The first kappa shape index (κ1) is 21.3. The zero-order valence-electron chi connectivity index (χ0n) is 15.2. The average Bonchev–Trinajstić information content (AvgIpc) is 2.70. The van der Waals surface area contributed by atoms with Crippen molar-refractivity contribution in [3.05, 3.63) is 63.6 Å². The zero-order valence-corrected chi connectivity index (χ0v) is 17.5. The first-order valence-corrected chi connectivity index (χ1v) is 11.2. The molecule has 1 saturated heterocycles. The topological polar surface area (TPSA) is 63.7 Å². The molecular weight excluding hydrogens is 421 g/mol. The molecule has 0 radical (unpaired) electrons. The third-order valence-electron chi connectivity index (χ3n) is 4.69. The quantitative estimate of drug-likeness (QED) is 0.587. The van der Waals surface area contributed by atoms with Crippen LogP contribution in [0.2, 0.25) is 10.0 Å². The van der Waals surface area contributed by atoms with Crippen molar-refractivity contribution in [2.75, 3.05) is 13.1 Å². The molecule has 0 aromatic heterocycles. The molecule has 0 bridgehead atoms. The number of rotatable bonds is 7. The molecule has 0 amide bonds. The first-order valence-electron chi connectivity index (χ1n) is 9.03. The summed E-state index contributed by atoms with van der Waals surface area (Å²) in [5.74, 6) is 0. The summed E-state index contributed by atoms with van der Waals surface area (Å²) in [6, 6.07) is 11.4. The molecular formula is C20H21Cl2NO4S. The predicted molar refractivity (Wildman–Crippen MR) is 109 cm³/mol. The Morgan fingerprint density at radius 1 is 1.07 bits per heavy atom. The van der Waals surface area contributed by atoms with Crippen LogP contribution in [-0.2, 0) is 26.2 Å². The van der Waals surface area contributed by atoms with Gasteiger partial charge in [-0.1, -0.05) is 41.8 Å². The summed E-state index contributed by atoms with van der Waals surface area (Å²) in [4.78, 5) is 11.6. The van der Waals surface area contributed by atoms with Crippen molar-refractivity contribution < 1.29 is 17.9 Å². The Balaban J connectivity index is 1.78. The maximum Gasteiger partial charge on any atom is 0.243 e. The van der Waals surface area contributed by atoms with Crippen LogP contribution in [0.15, 0.2) is 47.4 Å². The van der Waals surface area contributed by atoms with Gasteiger partial charge in [0.1, 0.15) is 6.10 Å². The Labute approximate surface area is 175 Å². The van der Waals surface area contributed by atoms with Crippen LogP contribution in [-0.4, -0.2) is 32.1 Å². The SMILES string of the molecule is O=CC(OCc1cc(S(=O)(=O)N2CCCCC2)ccc1Cl)c1cccc(Cl)c1. The molecule has 28 heavy (non-hydrogen) atoms. The molecule has 1 atom stereocenters. The fourth-order valence-corrected chi connectivity index (χ4v) is 5.09. The molecule has 1 heterocycles. The molecule has 1 fully saturated rings. The number of piperidine rings is 1. The molecule has 3 rings (SSSR count). The molecule has 5 nitrogen and oxygen atoms in total. The number of sulfonamides is 1. The standard InChI is InChI=1S/C20H21Cl2NO4S/c21-17-6-4-5-15(11-17)20(13-24)27-14-16-12-18(7-8-19(16)22)28(25,26)23-9-2-1-3-10-23/h4-8,11-13,20H,1-3,9-10,14H2. The second kappa shape index (κ2) is 9.37. The second-order valence-electron chi connectivity index (χ2n) is 6.64. The lowest BCUT2D eigenvalue weighted by Gasteiger charge is -2.26. The van der Waals surface area contributed by atoms with E-state index in [1.165, 1.54) is 16.4 Å². The molecule has 0 saturated carbocycles. The van der Waals surface area contributed by atoms with Gasteiger partial charge in [0.25, 0.3) is 0 Å². The fraction of sp³-hybridized carbons (Fsp3) is 0.350. The molecule has 150 valence electrons. The number of halogens is 2. The Morgan fingerprint density at radius 2 is 1.82 bits per heavy atom. The normalized spacial score (nSPS) is 16.6. The van der Waals surface area contributed by atoms with Crippen LogP contribution in [0.25, 0.3) is 0 Å². The number of nitrogens with zero attached hydrogens (tertiary/aromatic N) is 1. The highest BCUT2D eigenvalue weighted by atomic mass is 35.5. The van der Waals surface area contributed by atoms with Crippen LogP contribution in [0, 0.1) is 0 Å². The molecule has 0 N–H and O–H groups in total. The minimum absolute atomic E-state index is 0.00187. The van der Waals surface area contributed by atoms with Crippen LogP contribution in [0.1, 0.15) is 36.5 Å². The van der Waals surface area contributed by atoms with Crippen molar-refractivity contribution in [3.8, 4) is 0 Å². The summed E-state index contributed by atoms with van der Waals surface area (Å²) >= 11 is 12.2. The number of carbonyl (C=O) groups excluding carboxylic acids is 1. The number of hydrogen-bond donors (Lipinski definition) is 0. The van der Waals surface area contributed by atoms with Gasteiger partial charge in [0.05, 0.1) is 11.5 Å². The largest absolute Gasteiger partial charge is 0.361 e. The van der Waals surface area contributed by atoms with E-state index < -0.39 is 16.1 Å². The maximum absolute atomic E-state index is 12.9. The minimum Gasteiger partial charge on any atom is -0.361 e. The summed E-state index contributed by atoms with van der Waals surface area (Å²) in [6.45, 7) is 1.05. The van der Waals surface area contributed by atoms with E-state index in [4.69, 9.17) is 27.9 Å². The van der Waals surface area contributed by atoms with E-state index in [1.807, 2.05) is 0 Å². The lowest BCUT2D eigenvalue weighted by molar-refractivity contribution is -0.119. The van der Waals surface area contributed by atoms with Gasteiger partial charge in [0, 0.05) is 23.1 Å². The monoisotopic (exact) mass is 441 g/mol. The molecule has 8 heteroatoms. The van der Waals surface area contributed by atoms with E-state index in [1.54, 1.807) is 30.3 Å². The zero-order chi connectivity index (χ0) is 20.1. The first-order chi connectivity index (χ1) is 13.4. The summed E-state index contributed by atoms with van der Waals surface area (Å²) in [5.41, 5.74) is 1.13. The number of ether oxygens (including phenoxy) is 1. The molecule has 2 aromatic carbocycles. The summed E-state index contributed by atoms with van der Waals surface area (Å²) in [5, 5.41) is 0.883. The summed E-state index contributed by atoms with van der Waals surface area (Å²) < 4.78 is 32.9. The van der Waals surface area contributed by atoms with E-state index in [9.17, 15) is 13.2 Å². The molecule has 1 aliphatic heterocycles. The Hall–Kier alpha value is -1.44. The third-order valence-corrected chi connectivity index (χ3v) is 7.19. The van der Waals surface area contributed by atoms with Crippen molar-refractivity contribution in [2.24, 2.45) is 0 Å². The smallest absolute Gasteiger partial charge is 0.243 e. The van der Waals surface area contributed by atoms with Gasteiger partial charge in [-0.25, -0.2) is 8.42 Å². The van der Waals surface area contributed by atoms with E-state index in [2.05, 4.69) is 0 Å². The maximum atomic E-state index is 12.9. The highest BCUT2D eigenvalue weighted by Crippen LogP contribution is 2.27. The van der Waals surface area contributed by atoms with Gasteiger partial charge in [0.2, 0.25) is 10.0 Å². The van der Waals surface area contributed by atoms with Gasteiger partial charge in [0.15, 0.2) is 6.29 Å². The van der Waals surface area contributed by atoms with Gasteiger partial charge in [-0.2, -0.15) is 4.31 Å². The lowest BCUT2D eigenvalue weighted by atomic mass is 10.1. The van der Waals surface area contributed by atoms with E-state index in [-0.39, 0.29) is 11.5 Å². The van der Waals surface area contributed by atoms with E-state index in [0.717, 1.165) is 19.3 Å². The van der Waals surface area contributed by atoms with Gasteiger partial charge in [-0.15, -0.1) is 0 Å². The highest BCUT2D eigenvalue weighted by Gasteiger charge is 2.26. The average molecular weight is 442 g/mol. The van der Waals surface area contributed by atoms with Crippen LogP contribution < -0.4 is 0 Å². The van der Waals surface area contributed by atoms with Gasteiger partial charge >= 0.3 is 0 Å².